The highest BCUT2D eigenvalue weighted by molar-refractivity contribution is 7.89. The maximum absolute atomic E-state index is 12.7. The van der Waals surface area contributed by atoms with Crippen molar-refractivity contribution >= 4 is 15.7 Å². The fourth-order valence-electron chi connectivity index (χ4n) is 2.46. The lowest BCUT2D eigenvalue weighted by atomic mass is 10.00. The van der Waals surface area contributed by atoms with Crippen molar-refractivity contribution in [3.05, 3.63) is 40.1 Å². The van der Waals surface area contributed by atoms with E-state index < -0.39 is 10.0 Å². The van der Waals surface area contributed by atoms with E-state index in [9.17, 15) is 13.2 Å². The highest BCUT2D eigenvalue weighted by Crippen LogP contribution is 2.26. The standard InChI is InChI=1S/C14H14N6O3S/c1-8(2)11-12(10-6-16-19(7-10)24(3,22)23)18-13-9(4-15)5-17-20(13)14(11)21/h5-8,17H,1-3H3. The van der Waals surface area contributed by atoms with Crippen molar-refractivity contribution in [2.45, 2.75) is 19.8 Å². The number of nitrogens with zero attached hydrogens (tertiary/aromatic N) is 5. The maximum atomic E-state index is 12.7. The van der Waals surface area contributed by atoms with E-state index in [1.165, 1.54) is 23.1 Å². The molecule has 9 nitrogen and oxygen atoms in total. The minimum Gasteiger partial charge on any atom is -0.295 e. The summed E-state index contributed by atoms with van der Waals surface area (Å²) in [5.74, 6) is -0.160. The molecule has 0 aromatic carbocycles. The van der Waals surface area contributed by atoms with E-state index in [4.69, 9.17) is 5.26 Å². The molecule has 0 radical (unpaired) electrons. The van der Waals surface area contributed by atoms with Crippen LogP contribution >= 0.6 is 0 Å². The molecule has 24 heavy (non-hydrogen) atoms. The van der Waals surface area contributed by atoms with Gasteiger partial charge in [-0.05, 0) is 5.92 Å². The molecule has 3 heterocycles. The Morgan fingerprint density at radius 3 is 2.62 bits per heavy atom. The minimum absolute atomic E-state index is 0.160. The van der Waals surface area contributed by atoms with Crippen LogP contribution in [0.15, 0.2) is 23.4 Å². The highest BCUT2D eigenvalue weighted by atomic mass is 32.2. The van der Waals surface area contributed by atoms with E-state index in [0.29, 0.717) is 16.8 Å². The van der Waals surface area contributed by atoms with Crippen LogP contribution in [0.1, 0.15) is 30.9 Å². The van der Waals surface area contributed by atoms with E-state index >= 15 is 0 Å². The molecule has 0 amide bonds. The lowest BCUT2D eigenvalue weighted by Gasteiger charge is -2.10. The number of hydrogen-bond acceptors (Lipinski definition) is 6. The molecule has 0 saturated heterocycles. The predicted octanol–water partition coefficient (Wildman–Crippen LogP) is 0.689. The molecule has 0 aliphatic heterocycles. The second kappa shape index (κ2) is 5.31. The summed E-state index contributed by atoms with van der Waals surface area (Å²) in [7, 11) is -3.54. The number of nitrogens with one attached hydrogen (secondary N) is 1. The number of aromatic nitrogens is 5. The second-order valence-corrected chi connectivity index (χ2v) is 7.50. The van der Waals surface area contributed by atoms with Gasteiger partial charge in [0.1, 0.15) is 11.6 Å². The topological polar surface area (TPSA) is 126 Å². The molecule has 1 N–H and O–H groups in total. The third-order valence-electron chi connectivity index (χ3n) is 3.57. The fourth-order valence-corrected chi connectivity index (χ4v) is 2.98. The third kappa shape index (κ3) is 2.39. The van der Waals surface area contributed by atoms with Gasteiger partial charge in [-0.2, -0.15) is 14.4 Å². The van der Waals surface area contributed by atoms with E-state index in [-0.39, 0.29) is 22.7 Å². The van der Waals surface area contributed by atoms with Gasteiger partial charge in [-0.15, -0.1) is 0 Å². The van der Waals surface area contributed by atoms with Gasteiger partial charge >= 0.3 is 0 Å². The first kappa shape index (κ1) is 15.9. The Balaban J connectivity index is 2.38. The molecule has 0 saturated carbocycles. The average molecular weight is 346 g/mol. The zero-order valence-electron chi connectivity index (χ0n) is 13.2. The van der Waals surface area contributed by atoms with Crippen molar-refractivity contribution in [2.24, 2.45) is 0 Å². The number of hydrogen-bond donors (Lipinski definition) is 1. The quantitative estimate of drug-likeness (QED) is 0.743. The summed E-state index contributed by atoms with van der Waals surface area (Å²) in [4.78, 5) is 17.1. The zero-order chi connectivity index (χ0) is 17.6. The van der Waals surface area contributed by atoms with Crippen LogP contribution in [0.4, 0.5) is 0 Å². The Kier molecular flexibility index (Phi) is 3.53. The van der Waals surface area contributed by atoms with Gasteiger partial charge in [0.2, 0.25) is 0 Å². The first-order valence-electron chi connectivity index (χ1n) is 7.03. The monoisotopic (exact) mass is 346 g/mol. The van der Waals surface area contributed by atoms with E-state index in [2.05, 4.69) is 15.2 Å². The molecule has 0 aliphatic rings. The normalized spacial score (nSPS) is 12.0. The number of H-pyrrole nitrogens is 1. The summed E-state index contributed by atoms with van der Waals surface area (Å²) in [6, 6.07) is 1.96. The first-order valence-corrected chi connectivity index (χ1v) is 8.88. The molecule has 124 valence electrons. The molecule has 10 heteroatoms. The molecule has 3 aromatic heterocycles. The van der Waals surface area contributed by atoms with Gasteiger partial charge in [0.05, 0.1) is 24.3 Å². The van der Waals surface area contributed by atoms with Crippen LogP contribution in [0, 0.1) is 11.3 Å². The zero-order valence-corrected chi connectivity index (χ0v) is 14.0. The van der Waals surface area contributed by atoms with Crippen LogP contribution in [-0.4, -0.2) is 38.5 Å². The lowest BCUT2D eigenvalue weighted by Crippen LogP contribution is -2.22. The van der Waals surface area contributed by atoms with Crippen LogP contribution in [-0.2, 0) is 10.0 Å². The number of aromatic amines is 1. The van der Waals surface area contributed by atoms with Gasteiger partial charge in [0.15, 0.2) is 5.65 Å². The number of rotatable bonds is 3. The maximum Gasteiger partial charge on any atom is 0.276 e. The Morgan fingerprint density at radius 1 is 1.38 bits per heavy atom. The Morgan fingerprint density at radius 2 is 2.08 bits per heavy atom. The van der Waals surface area contributed by atoms with Crippen molar-refractivity contribution in [1.29, 1.82) is 5.26 Å². The largest absolute Gasteiger partial charge is 0.295 e. The highest BCUT2D eigenvalue weighted by Gasteiger charge is 2.21. The molecule has 3 aromatic rings. The lowest BCUT2D eigenvalue weighted by molar-refractivity contribution is 0.586. The average Bonchev–Trinajstić information content (AvgIpc) is 3.12. The van der Waals surface area contributed by atoms with Gasteiger partial charge in [0, 0.05) is 17.3 Å². The molecular formula is C14H14N6O3S. The Hall–Kier alpha value is -2.93. The van der Waals surface area contributed by atoms with Crippen LogP contribution in [0.5, 0.6) is 0 Å². The van der Waals surface area contributed by atoms with Crippen molar-refractivity contribution < 1.29 is 8.42 Å². The van der Waals surface area contributed by atoms with Gasteiger partial charge < -0.3 is 0 Å². The van der Waals surface area contributed by atoms with Gasteiger partial charge in [-0.1, -0.05) is 13.8 Å². The van der Waals surface area contributed by atoms with Gasteiger partial charge in [0.25, 0.3) is 15.6 Å². The molecule has 0 aliphatic carbocycles. The second-order valence-electron chi connectivity index (χ2n) is 5.66. The summed E-state index contributed by atoms with van der Waals surface area (Å²) in [5.41, 5.74) is 1.20. The summed E-state index contributed by atoms with van der Waals surface area (Å²) < 4.78 is 25.2. The summed E-state index contributed by atoms with van der Waals surface area (Å²) in [5, 5.41) is 15.7. The minimum atomic E-state index is -3.54. The van der Waals surface area contributed by atoms with Crippen LogP contribution in [0.2, 0.25) is 0 Å². The molecule has 0 atom stereocenters. The van der Waals surface area contributed by atoms with Gasteiger partial charge in [-0.3, -0.25) is 9.89 Å². The van der Waals surface area contributed by atoms with Crippen LogP contribution in [0.3, 0.4) is 0 Å². The van der Waals surface area contributed by atoms with E-state index in [1.807, 2.05) is 19.9 Å². The Bertz CT molecular complexity index is 1140. The third-order valence-corrected chi connectivity index (χ3v) is 4.45. The molecule has 0 unspecified atom stereocenters. The van der Waals surface area contributed by atoms with Gasteiger partial charge in [-0.25, -0.2) is 17.9 Å². The van der Waals surface area contributed by atoms with Crippen LogP contribution in [0.25, 0.3) is 16.9 Å². The van der Waals surface area contributed by atoms with Crippen molar-refractivity contribution in [3.63, 3.8) is 0 Å². The Labute approximate surface area is 137 Å². The van der Waals surface area contributed by atoms with Crippen LogP contribution < -0.4 is 5.56 Å². The number of fused-ring (bicyclic) bond motifs is 1. The van der Waals surface area contributed by atoms with Crippen molar-refractivity contribution in [3.8, 4) is 17.3 Å². The molecular weight excluding hydrogens is 332 g/mol. The number of nitriles is 1. The van der Waals surface area contributed by atoms with Crippen molar-refractivity contribution in [2.75, 3.05) is 6.26 Å². The van der Waals surface area contributed by atoms with E-state index in [1.54, 1.807) is 0 Å². The predicted molar refractivity (Wildman–Crippen MR) is 86.1 cm³/mol. The summed E-state index contributed by atoms with van der Waals surface area (Å²) >= 11 is 0. The SMILES string of the molecule is CC(C)c1c(-c2cnn(S(C)(=O)=O)c2)nc2c(C#N)c[nH]n2c1=O. The molecule has 0 fully saturated rings. The first-order chi connectivity index (χ1) is 11.2. The van der Waals surface area contributed by atoms with E-state index in [0.717, 1.165) is 10.3 Å². The smallest absolute Gasteiger partial charge is 0.276 e. The molecule has 0 bridgehead atoms. The summed E-state index contributed by atoms with van der Waals surface area (Å²) in [6.07, 6.45) is 5.07. The fraction of sp³-hybridized carbons (Fsp3) is 0.286. The summed E-state index contributed by atoms with van der Waals surface area (Å²) in [6.45, 7) is 3.67. The van der Waals surface area contributed by atoms with Crippen molar-refractivity contribution in [1.82, 2.24) is 23.8 Å². The molecule has 3 rings (SSSR count). The molecule has 0 spiro atoms.